The Kier molecular flexibility index (Phi) is 11.4. The lowest BCUT2D eigenvalue weighted by Crippen LogP contribution is -2.68. The molecule has 7 aliphatic rings. The van der Waals surface area contributed by atoms with Crippen LogP contribution in [0.25, 0.3) is 0 Å². The largest absolute Gasteiger partial charge is 0.460 e. The maximum absolute atomic E-state index is 14.8. The van der Waals surface area contributed by atoms with Crippen LogP contribution in [0.5, 0.6) is 0 Å². The van der Waals surface area contributed by atoms with Crippen LogP contribution in [0, 0.1) is 56.7 Å². The molecule has 0 radical (unpaired) electrons. The van der Waals surface area contributed by atoms with E-state index in [0.29, 0.717) is 55.6 Å². The summed E-state index contributed by atoms with van der Waals surface area (Å²) in [7, 11) is 0. The summed E-state index contributed by atoms with van der Waals surface area (Å²) in [5.74, 6) is 2.86. The number of fused-ring (bicyclic) bond motifs is 7. The Morgan fingerprint density at radius 1 is 0.897 bits per heavy atom. The molecule has 0 spiro atoms. The van der Waals surface area contributed by atoms with Crippen LogP contribution in [0.2, 0.25) is 0 Å². The molecular formula is C52H76FNO4. The van der Waals surface area contributed by atoms with E-state index in [1.807, 2.05) is 30.3 Å². The van der Waals surface area contributed by atoms with Crippen LogP contribution in [0.3, 0.4) is 0 Å². The van der Waals surface area contributed by atoms with Crippen molar-refractivity contribution < 1.29 is 23.8 Å². The first-order valence-electron chi connectivity index (χ1n) is 23.4. The summed E-state index contributed by atoms with van der Waals surface area (Å²) in [5, 5.41) is 15.6. The van der Waals surface area contributed by atoms with Crippen molar-refractivity contribution in [3.05, 3.63) is 71.3 Å². The lowest BCUT2D eigenvalue weighted by Gasteiger charge is -2.72. The van der Waals surface area contributed by atoms with Crippen molar-refractivity contribution >= 4 is 5.97 Å². The van der Waals surface area contributed by atoms with E-state index in [0.717, 1.165) is 50.6 Å². The van der Waals surface area contributed by atoms with Gasteiger partial charge in [-0.1, -0.05) is 82.7 Å². The van der Waals surface area contributed by atoms with Crippen molar-refractivity contribution in [1.82, 2.24) is 5.32 Å². The van der Waals surface area contributed by atoms with Gasteiger partial charge >= 0.3 is 5.97 Å². The van der Waals surface area contributed by atoms with Gasteiger partial charge in [0.25, 0.3) is 0 Å². The number of benzene rings is 1. The van der Waals surface area contributed by atoms with Crippen LogP contribution < -0.4 is 5.32 Å². The molecule has 2 N–H and O–H groups in total. The maximum Gasteiger partial charge on any atom is 0.315 e. The highest BCUT2D eigenvalue weighted by Crippen LogP contribution is 2.76. The zero-order valence-corrected chi connectivity index (χ0v) is 37.0. The van der Waals surface area contributed by atoms with Crippen molar-refractivity contribution in [2.75, 3.05) is 26.4 Å². The monoisotopic (exact) mass is 798 g/mol. The van der Waals surface area contributed by atoms with Crippen molar-refractivity contribution in [3.63, 3.8) is 0 Å². The Morgan fingerprint density at radius 2 is 1.66 bits per heavy atom. The van der Waals surface area contributed by atoms with Gasteiger partial charge in [-0.05, 0) is 184 Å². The van der Waals surface area contributed by atoms with Crippen LogP contribution in [-0.4, -0.2) is 48.6 Å². The molecular weight excluding hydrogens is 722 g/mol. The van der Waals surface area contributed by atoms with Gasteiger partial charge in [-0.3, -0.25) is 4.79 Å². The number of halogens is 1. The van der Waals surface area contributed by atoms with E-state index >= 15 is 0 Å². The second-order valence-electron chi connectivity index (χ2n) is 22.3. The molecule has 10 atom stereocenters. The molecule has 320 valence electrons. The predicted molar refractivity (Wildman–Crippen MR) is 232 cm³/mol. The number of allylic oxidation sites excluding steroid dienone is 5. The van der Waals surface area contributed by atoms with E-state index in [1.165, 1.54) is 68.1 Å². The van der Waals surface area contributed by atoms with Gasteiger partial charge in [-0.15, -0.1) is 6.58 Å². The van der Waals surface area contributed by atoms with Gasteiger partial charge in [-0.25, -0.2) is 4.39 Å². The van der Waals surface area contributed by atoms with E-state index in [-0.39, 0.29) is 33.8 Å². The summed E-state index contributed by atoms with van der Waals surface area (Å²) in [6, 6.07) is 9.70. The van der Waals surface area contributed by atoms with Gasteiger partial charge in [0.2, 0.25) is 0 Å². The van der Waals surface area contributed by atoms with Crippen molar-refractivity contribution in [1.29, 1.82) is 0 Å². The smallest absolute Gasteiger partial charge is 0.315 e. The van der Waals surface area contributed by atoms with E-state index in [2.05, 4.69) is 65.6 Å². The zero-order valence-electron chi connectivity index (χ0n) is 37.0. The van der Waals surface area contributed by atoms with Crippen LogP contribution in [-0.2, 0) is 20.9 Å². The van der Waals surface area contributed by atoms with Crippen molar-refractivity contribution in [2.24, 2.45) is 56.7 Å². The predicted octanol–water partition coefficient (Wildman–Crippen LogP) is 11.7. The summed E-state index contributed by atoms with van der Waals surface area (Å²) < 4.78 is 26.1. The SMILES string of the molecule is C=C(C)CC1CCC2(NCCC3(O)CCOCC3)CCC3(C)C(CCC4C5(C)CC=C(C6=CCC(CF)(C(=O)OCc7ccccc7)CC6)C(C)(C)C5CCC43C)C12. The summed E-state index contributed by atoms with van der Waals surface area (Å²) >= 11 is 0. The summed E-state index contributed by atoms with van der Waals surface area (Å²) in [5.41, 5.74) is 4.28. The average Bonchev–Trinajstić information content (AvgIpc) is 3.55. The third-order valence-corrected chi connectivity index (χ3v) is 19.1. The van der Waals surface area contributed by atoms with Gasteiger partial charge < -0.3 is 19.9 Å². The molecule has 0 bridgehead atoms. The van der Waals surface area contributed by atoms with Crippen molar-refractivity contribution in [3.8, 4) is 0 Å². The number of ether oxygens (including phenoxy) is 2. The number of hydrogen-bond donors (Lipinski definition) is 2. The maximum atomic E-state index is 14.8. The van der Waals surface area contributed by atoms with Gasteiger partial charge in [0, 0.05) is 18.8 Å². The molecule has 6 aliphatic carbocycles. The second kappa shape index (κ2) is 15.6. The van der Waals surface area contributed by atoms with E-state index in [1.54, 1.807) is 0 Å². The molecule has 1 aliphatic heterocycles. The molecule has 8 rings (SSSR count). The molecule has 6 heteroatoms. The molecule has 0 amide bonds. The van der Waals surface area contributed by atoms with E-state index in [9.17, 15) is 14.3 Å². The Labute approximate surface area is 350 Å². The number of carbonyl (C=O) groups is 1. The molecule has 1 heterocycles. The first kappa shape index (κ1) is 42.4. The molecule has 4 saturated carbocycles. The minimum absolute atomic E-state index is 0.000347. The fourth-order valence-electron chi connectivity index (χ4n) is 15.8. The topological polar surface area (TPSA) is 67.8 Å². The summed E-state index contributed by atoms with van der Waals surface area (Å²) in [6.07, 6.45) is 21.2. The van der Waals surface area contributed by atoms with Gasteiger partial charge in [0.1, 0.15) is 13.3 Å². The standard InChI is InChI=1S/C52H76FNO4/c1-36(2)33-39-17-24-52(54-30-27-51(56)28-31-57-32-29-51)26-25-48(6)41(44(39)52)13-14-43-47(5)20-18-40(46(3,4)42(47)19-21-49(43,48)7)38-15-22-50(35-53,23-16-38)45(55)58-34-37-11-9-8-10-12-37/h8-12,15,18,39,41-44,54,56H,1,13-14,16-17,19-35H2,2-7H3. The number of nitrogens with one attached hydrogen (secondary N) is 1. The summed E-state index contributed by atoms with van der Waals surface area (Å²) in [6.45, 7) is 21.6. The Bertz CT molecular complexity index is 1760. The quantitative estimate of drug-likeness (QED) is 0.172. The van der Waals surface area contributed by atoms with E-state index in [4.69, 9.17) is 9.47 Å². The molecule has 5 fully saturated rings. The third kappa shape index (κ3) is 6.94. The minimum Gasteiger partial charge on any atom is -0.460 e. The third-order valence-electron chi connectivity index (χ3n) is 19.1. The van der Waals surface area contributed by atoms with Gasteiger partial charge in [0.15, 0.2) is 0 Å². The normalized spacial score (nSPS) is 41.5. The number of alkyl halides is 1. The number of rotatable bonds is 11. The molecule has 10 unspecified atom stereocenters. The van der Waals surface area contributed by atoms with Crippen LogP contribution in [0.4, 0.5) is 4.39 Å². The zero-order chi connectivity index (χ0) is 41.2. The molecule has 0 aromatic heterocycles. The lowest BCUT2D eigenvalue weighted by atomic mass is 9.33. The number of hydrogen-bond acceptors (Lipinski definition) is 5. The van der Waals surface area contributed by atoms with Crippen LogP contribution in [0.1, 0.15) is 150 Å². The van der Waals surface area contributed by atoms with Crippen LogP contribution in [0.15, 0.2) is 65.8 Å². The minimum atomic E-state index is -1.09. The highest BCUT2D eigenvalue weighted by molar-refractivity contribution is 5.78. The first-order valence-corrected chi connectivity index (χ1v) is 23.4. The van der Waals surface area contributed by atoms with Gasteiger partial charge in [0.05, 0.1) is 11.0 Å². The number of carbonyl (C=O) groups excluding carboxylic acids is 1. The molecule has 5 nitrogen and oxygen atoms in total. The first-order chi connectivity index (χ1) is 27.5. The Morgan fingerprint density at radius 3 is 2.34 bits per heavy atom. The fraction of sp³-hybridized carbons (Fsp3) is 0.750. The van der Waals surface area contributed by atoms with Crippen molar-refractivity contribution in [2.45, 2.75) is 162 Å². The second-order valence-corrected chi connectivity index (χ2v) is 22.3. The molecule has 1 saturated heterocycles. The Balaban J connectivity index is 1.01. The fourth-order valence-corrected chi connectivity index (χ4v) is 15.8. The molecule has 58 heavy (non-hydrogen) atoms. The van der Waals surface area contributed by atoms with Gasteiger partial charge in [-0.2, -0.15) is 0 Å². The highest BCUT2D eigenvalue weighted by Gasteiger charge is 2.70. The Hall–Kier alpha value is -2.28. The van der Waals surface area contributed by atoms with E-state index < -0.39 is 23.7 Å². The lowest BCUT2D eigenvalue weighted by molar-refractivity contribution is -0.222. The summed E-state index contributed by atoms with van der Waals surface area (Å²) in [4.78, 5) is 13.4. The number of esters is 1. The highest BCUT2D eigenvalue weighted by atomic mass is 19.1. The molecule has 1 aromatic rings. The number of aliphatic hydroxyl groups is 1. The molecule has 1 aromatic carbocycles. The van der Waals surface area contributed by atoms with Crippen LogP contribution >= 0.6 is 0 Å². The average molecular weight is 798 g/mol.